The molecule has 0 aliphatic carbocycles. The van der Waals surface area contributed by atoms with Crippen molar-refractivity contribution in [3.63, 3.8) is 0 Å². The van der Waals surface area contributed by atoms with Crippen molar-refractivity contribution in [1.82, 2.24) is 0 Å². The van der Waals surface area contributed by atoms with Crippen LogP contribution in [0, 0.1) is 0 Å². The third-order valence-electron chi connectivity index (χ3n) is 5.74. The predicted octanol–water partition coefficient (Wildman–Crippen LogP) is 2.57. The molecule has 0 N–H and O–H groups in total. The van der Waals surface area contributed by atoms with Crippen LogP contribution in [0.1, 0.15) is 55.3 Å². The van der Waals surface area contributed by atoms with E-state index >= 15 is 0 Å². The van der Waals surface area contributed by atoms with E-state index in [1.807, 2.05) is 0 Å². The number of esters is 5. The molecule has 0 spiro atoms. The van der Waals surface area contributed by atoms with Crippen LogP contribution < -0.4 is 9.47 Å². The molecule has 1 fully saturated rings. The molecule has 1 aliphatic rings. The highest BCUT2D eigenvalue weighted by atomic mass is 16.7. The highest BCUT2D eigenvalue weighted by Gasteiger charge is 2.53. The first-order valence-electron chi connectivity index (χ1n) is 12.8. The van der Waals surface area contributed by atoms with Crippen LogP contribution in [-0.2, 0) is 42.9 Å². The van der Waals surface area contributed by atoms with Gasteiger partial charge in [-0.2, -0.15) is 0 Å². The third kappa shape index (κ3) is 8.36. The molecule has 0 bridgehead atoms. The Labute approximate surface area is 240 Å². The van der Waals surface area contributed by atoms with Gasteiger partial charge in [0.05, 0.1) is 5.56 Å². The van der Waals surface area contributed by atoms with E-state index in [2.05, 4.69) is 0 Å². The summed E-state index contributed by atoms with van der Waals surface area (Å²) in [4.78, 5) is 73.1. The lowest BCUT2D eigenvalue weighted by molar-refractivity contribution is -0.288. The molecular weight excluding hydrogens is 556 g/mol. The molecule has 5 unspecified atom stereocenters. The Kier molecular flexibility index (Phi) is 10.7. The summed E-state index contributed by atoms with van der Waals surface area (Å²) < 4.78 is 38.6. The van der Waals surface area contributed by atoms with Crippen LogP contribution >= 0.6 is 0 Å². The molecule has 3 rings (SSSR count). The number of ether oxygens (including phenoxy) is 7. The van der Waals surface area contributed by atoms with Crippen LogP contribution in [0.3, 0.4) is 0 Å². The number of benzene rings is 2. The van der Waals surface area contributed by atoms with E-state index in [1.54, 1.807) is 18.2 Å². The maximum atomic E-state index is 12.7. The van der Waals surface area contributed by atoms with Gasteiger partial charge in [-0.25, -0.2) is 4.79 Å². The third-order valence-corrected chi connectivity index (χ3v) is 5.74. The van der Waals surface area contributed by atoms with E-state index in [0.29, 0.717) is 0 Å². The van der Waals surface area contributed by atoms with Crippen molar-refractivity contribution in [2.45, 2.75) is 65.3 Å². The number of rotatable bonds is 10. The smallest absolute Gasteiger partial charge is 0.343 e. The van der Waals surface area contributed by atoms with Crippen LogP contribution in [0.15, 0.2) is 48.5 Å². The molecule has 2 aromatic carbocycles. The van der Waals surface area contributed by atoms with Crippen LogP contribution in [0.25, 0.3) is 0 Å². The normalized spacial score (nSPS) is 21.3. The summed E-state index contributed by atoms with van der Waals surface area (Å²) in [5, 5.41) is 0. The fraction of sp³-hybridized carbons (Fsp3) is 0.379. The molecule has 1 heterocycles. The molecule has 0 radical (unpaired) electrons. The molecule has 1 saturated heterocycles. The fourth-order valence-electron chi connectivity index (χ4n) is 4.18. The van der Waals surface area contributed by atoms with E-state index in [-0.39, 0.29) is 22.6 Å². The first kappa shape index (κ1) is 31.7. The van der Waals surface area contributed by atoms with E-state index in [9.17, 15) is 28.8 Å². The molecule has 0 amide bonds. The number of carbonyl (C=O) groups is 6. The second-order valence-corrected chi connectivity index (χ2v) is 9.13. The van der Waals surface area contributed by atoms with E-state index < -0.39 is 72.9 Å². The van der Waals surface area contributed by atoms with Crippen LogP contribution in [-0.4, -0.2) is 72.9 Å². The lowest BCUT2D eigenvalue weighted by Gasteiger charge is -2.44. The summed E-state index contributed by atoms with van der Waals surface area (Å²) in [6.07, 6.45) is -7.25. The Balaban J connectivity index is 2.05. The maximum Gasteiger partial charge on any atom is 0.343 e. The average molecular weight is 587 g/mol. The van der Waals surface area contributed by atoms with Crippen molar-refractivity contribution in [2.75, 3.05) is 6.61 Å². The van der Waals surface area contributed by atoms with E-state index in [1.165, 1.54) is 37.3 Å². The highest BCUT2D eigenvalue weighted by Crippen LogP contribution is 2.35. The second kappa shape index (κ2) is 14.2. The topological polar surface area (TPSA) is 167 Å². The van der Waals surface area contributed by atoms with Gasteiger partial charge in [0.25, 0.3) is 0 Å². The van der Waals surface area contributed by atoms with Gasteiger partial charge < -0.3 is 33.2 Å². The van der Waals surface area contributed by atoms with Crippen molar-refractivity contribution in [2.24, 2.45) is 0 Å². The standard InChI is InChI=1S/C29H30O13/c1-15(30)24-21(40-28(35)20-10-7-6-8-11-20)12-9-13-22(24)41-29-27(39-19(5)34)26(38-18(4)33)25(37-17(3)32)23(42-29)14-36-16(2)31/h6-13,23,25-27,29H,14H2,1-5H3. The lowest BCUT2D eigenvalue weighted by Crippen LogP contribution is -2.63. The van der Waals surface area contributed by atoms with Gasteiger partial charge in [0.15, 0.2) is 18.0 Å². The van der Waals surface area contributed by atoms with Crippen molar-refractivity contribution in [1.29, 1.82) is 0 Å². The Morgan fingerprint density at radius 3 is 1.81 bits per heavy atom. The quantitative estimate of drug-likeness (QED) is 0.173. The lowest BCUT2D eigenvalue weighted by atomic mass is 9.98. The number of ketones is 1. The molecule has 13 nitrogen and oxygen atoms in total. The summed E-state index contributed by atoms with van der Waals surface area (Å²) in [6, 6.07) is 12.3. The zero-order chi connectivity index (χ0) is 31.0. The molecule has 13 heteroatoms. The van der Waals surface area contributed by atoms with Gasteiger partial charge in [0.2, 0.25) is 12.4 Å². The van der Waals surface area contributed by atoms with Gasteiger partial charge in [-0.3, -0.25) is 24.0 Å². The molecule has 0 saturated carbocycles. The molecule has 224 valence electrons. The van der Waals surface area contributed by atoms with Crippen LogP contribution in [0.5, 0.6) is 11.5 Å². The molecule has 42 heavy (non-hydrogen) atoms. The summed E-state index contributed by atoms with van der Waals surface area (Å²) >= 11 is 0. The Bertz CT molecular complexity index is 1340. The minimum absolute atomic E-state index is 0.125. The molecule has 0 aromatic heterocycles. The summed E-state index contributed by atoms with van der Waals surface area (Å²) in [6.45, 7) is 5.16. The second-order valence-electron chi connectivity index (χ2n) is 9.13. The molecular formula is C29H30O13. The largest absolute Gasteiger partial charge is 0.463 e. The first-order chi connectivity index (χ1) is 19.9. The Morgan fingerprint density at radius 2 is 1.24 bits per heavy atom. The summed E-state index contributed by atoms with van der Waals surface area (Å²) in [7, 11) is 0. The number of hydrogen-bond donors (Lipinski definition) is 0. The van der Waals surface area contributed by atoms with Gasteiger partial charge in [-0.05, 0) is 31.2 Å². The van der Waals surface area contributed by atoms with Gasteiger partial charge in [-0.1, -0.05) is 24.3 Å². The van der Waals surface area contributed by atoms with Crippen LogP contribution in [0.4, 0.5) is 0 Å². The Hall–Kier alpha value is -4.78. The average Bonchev–Trinajstić information content (AvgIpc) is 2.90. The maximum absolute atomic E-state index is 12.7. The highest BCUT2D eigenvalue weighted by molar-refractivity contribution is 6.01. The van der Waals surface area contributed by atoms with Crippen molar-refractivity contribution < 1.29 is 61.9 Å². The summed E-state index contributed by atoms with van der Waals surface area (Å²) in [5.74, 6) is -4.67. The van der Waals surface area contributed by atoms with Crippen molar-refractivity contribution >= 4 is 35.6 Å². The SMILES string of the molecule is CC(=O)OCC1OC(Oc2cccc(OC(=O)c3ccccc3)c2C(C)=O)C(OC(C)=O)C(OC(C)=O)C1OC(C)=O. The zero-order valence-electron chi connectivity index (χ0n) is 23.5. The molecule has 1 aliphatic heterocycles. The predicted molar refractivity (Wildman–Crippen MR) is 140 cm³/mol. The van der Waals surface area contributed by atoms with E-state index in [4.69, 9.17) is 33.2 Å². The first-order valence-corrected chi connectivity index (χ1v) is 12.8. The van der Waals surface area contributed by atoms with Crippen molar-refractivity contribution in [3.05, 3.63) is 59.7 Å². The summed E-state index contributed by atoms with van der Waals surface area (Å²) in [5.41, 5.74) is 0.0903. The number of hydrogen-bond acceptors (Lipinski definition) is 13. The number of carbonyl (C=O) groups excluding carboxylic acids is 6. The van der Waals surface area contributed by atoms with Crippen molar-refractivity contribution in [3.8, 4) is 11.5 Å². The Morgan fingerprint density at radius 1 is 0.667 bits per heavy atom. The fourth-order valence-corrected chi connectivity index (χ4v) is 4.18. The minimum Gasteiger partial charge on any atom is -0.463 e. The van der Waals surface area contributed by atoms with E-state index in [0.717, 1.165) is 27.7 Å². The molecule has 5 atom stereocenters. The monoisotopic (exact) mass is 586 g/mol. The zero-order valence-corrected chi connectivity index (χ0v) is 23.5. The molecule has 2 aromatic rings. The van der Waals surface area contributed by atoms with Gasteiger partial charge in [0.1, 0.15) is 29.8 Å². The van der Waals surface area contributed by atoms with Gasteiger partial charge in [0, 0.05) is 27.7 Å². The van der Waals surface area contributed by atoms with Gasteiger partial charge in [-0.15, -0.1) is 0 Å². The van der Waals surface area contributed by atoms with Crippen LogP contribution in [0.2, 0.25) is 0 Å². The minimum atomic E-state index is -1.59. The van der Waals surface area contributed by atoms with Gasteiger partial charge >= 0.3 is 29.8 Å². The number of Topliss-reactive ketones (excluding diaryl/α,β-unsaturated/α-hetero) is 1.